The van der Waals surface area contributed by atoms with Crippen molar-refractivity contribution >= 4 is 15.5 Å². The van der Waals surface area contributed by atoms with Crippen molar-refractivity contribution < 1.29 is 26.3 Å². The molecule has 1 radical (unpaired) electrons. The molecule has 1 aliphatic rings. The third-order valence-electron chi connectivity index (χ3n) is 4.57. The molecule has 0 amide bonds. The predicted octanol–water partition coefficient (Wildman–Crippen LogP) is 4.44. The molecular weight excluding hydrogens is 367 g/mol. The van der Waals surface area contributed by atoms with E-state index in [0.717, 1.165) is 25.7 Å². The van der Waals surface area contributed by atoms with Crippen LogP contribution in [-0.2, 0) is 9.84 Å². The minimum Gasteiger partial charge on any atom is -0.406 e. The second-order valence-electron chi connectivity index (χ2n) is 6.84. The van der Waals surface area contributed by atoms with E-state index in [1.807, 2.05) is 6.42 Å². The molecule has 0 aromatic heterocycles. The van der Waals surface area contributed by atoms with E-state index in [9.17, 15) is 21.6 Å². The second-order valence-corrected chi connectivity index (χ2v) is 9.03. The maximum atomic E-state index is 12.2. The molecule has 26 heavy (non-hydrogen) atoms. The highest BCUT2D eigenvalue weighted by atomic mass is 32.2. The Labute approximate surface area is 153 Å². The highest BCUT2D eigenvalue weighted by Gasteiger charge is 2.31. The van der Waals surface area contributed by atoms with Gasteiger partial charge in [-0.25, -0.2) is 8.42 Å². The Morgan fingerprint density at radius 3 is 2.35 bits per heavy atom. The van der Waals surface area contributed by atoms with Gasteiger partial charge in [-0.1, -0.05) is 32.1 Å². The summed E-state index contributed by atoms with van der Waals surface area (Å²) < 4.78 is 63.7. The van der Waals surface area contributed by atoms with Crippen LogP contribution in [0.2, 0.25) is 0 Å². The van der Waals surface area contributed by atoms with E-state index in [4.69, 9.17) is 0 Å². The number of sulfone groups is 1. The molecule has 4 nitrogen and oxygen atoms in total. The zero-order chi connectivity index (χ0) is 19.2. The fraction of sp³-hybridized carbons (Fsp3) is 0.611. The lowest BCUT2D eigenvalue weighted by Gasteiger charge is -2.30. The molecule has 1 aromatic carbocycles. The van der Waals surface area contributed by atoms with Crippen LogP contribution in [0.25, 0.3) is 0 Å². The molecule has 1 N–H and O–H groups in total. The SMILES string of the molecule is CS(=O)(=O)C[C@@H]([CH]CNc1ccc(OC(F)(F)F)cc1)C1CCCCC1. The van der Waals surface area contributed by atoms with E-state index < -0.39 is 16.2 Å². The van der Waals surface area contributed by atoms with Gasteiger partial charge < -0.3 is 10.1 Å². The first-order chi connectivity index (χ1) is 12.1. The van der Waals surface area contributed by atoms with Crippen LogP contribution in [-0.4, -0.2) is 33.3 Å². The highest BCUT2D eigenvalue weighted by molar-refractivity contribution is 7.90. The summed E-state index contributed by atoms with van der Waals surface area (Å²) in [5.41, 5.74) is 0.650. The van der Waals surface area contributed by atoms with Gasteiger partial charge in [0.15, 0.2) is 0 Å². The smallest absolute Gasteiger partial charge is 0.406 e. The van der Waals surface area contributed by atoms with Gasteiger partial charge in [-0.3, -0.25) is 0 Å². The van der Waals surface area contributed by atoms with Gasteiger partial charge in [-0.2, -0.15) is 0 Å². The van der Waals surface area contributed by atoms with Gasteiger partial charge in [0, 0.05) is 18.5 Å². The first kappa shape index (κ1) is 20.9. The van der Waals surface area contributed by atoms with Gasteiger partial charge in [0.25, 0.3) is 0 Å². The molecule has 0 bridgehead atoms. The van der Waals surface area contributed by atoms with Gasteiger partial charge in [-0.05, 0) is 42.5 Å². The number of ether oxygens (including phenoxy) is 1. The number of halogens is 3. The summed E-state index contributed by atoms with van der Waals surface area (Å²) in [6.45, 7) is 0.455. The molecule has 0 unspecified atom stereocenters. The Morgan fingerprint density at radius 1 is 1.19 bits per heavy atom. The molecule has 2 rings (SSSR count). The Kier molecular flexibility index (Phi) is 7.20. The quantitative estimate of drug-likeness (QED) is 0.711. The molecule has 8 heteroatoms. The Balaban J connectivity index is 1.87. The lowest BCUT2D eigenvalue weighted by atomic mass is 9.79. The first-order valence-corrected chi connectivity index (χ1v) is 10.8. The third-order valence-corrected chi connectivity index (χ3v) is 5.56. The number of hydrogen-bond acceptors (Lipinski definition) is 4. The summed E-state index contributed by atoms with van der Waals surface area (Å²) >= 11 is 0. The molecule has 0 spiro atoms. The lowest BCUT2D eigenvalue weighted by molar-refractivity contribution is -0.274. The van der Waals surface area contributed by atoms with Crippen molar-refractivity contribution in [2.24, 2.45) is 11.8 Å². The topological polar surface area (TPSA) is 55.4 Å². The van der Waals surface area contributed by atoms with Crippen LogP contribution in [0.1, 0.15) is 32.1 Å². The van der Waals surface area contributed by atoms with Crippen molar-refractivity contribution in [3.05, 3.63) is 30.7 Å². The number of anilines is 1. The highest BCUT2D eigenvalue weighted by Crippen LogP contribution is 2.32. The zero-order valence-corrected chi connectivity index (χ0v) is 15.6. The van der Waals surface area contributed by atoms with Gasteiger partial charge in [0.05, 0.1) is 5.75 Å². The minimum atomic E-state index is -4.71. The number of rotatable bonds is 8. The van der Waals surface area contributed by atoms with Crippen molar-refractivity contribution in [2.75, 3.05) is 23.9 Å². The van der Waals surface area contributed by atoms with Crippen molar-refractivity contribution in [3.8, 4) is 5.75 Å². The van der Waals surface area contributed by atoms with E-state index in [2.05, 4.69) is 10.1 Å². The predicted molar refractivity (Wildman–Crippen MR) is 95.7 cm³/mol. The molecule has 1 saturated carbocycles. The molecule has 0 heterocycles. The maximum Gasteiger partial charge on any atom is 0.573 e. The summed E-state index contributed by atoms with van der Waals surface area (Å²) in [4.78, 5) is 0. The number of nitrogens with one attached hydrogen (secondary N) is 1. The van der Waals surface area contributed by atoms with E-state index >= 15 is 0 Å². The van der Waals surface area contributed by atoms with Crippen LogP contribution >= 0.6 is 0 Å². The summed E-state index contributed by atoms with van der Waals surface area (Å²) in [5.74, 6) is 0.232. The molecule has 1 aromatic rings. The molecule has 1 atom stereocenters. The summed E-state index contributed by atoms with van der Waals surface area (Å²) in [6.07, 6.45) is 4.08. The van der Waals surface area contributed by atoms with Crippen LogP contribution < -0.4 is 10.1 Å². The molecule has 147 valence electrons. The lowest BCUT2D eigenvalue weighted by Crippen LogP contribution is -2.27. The first-order valence-electron chi connectivity index (χ1n) is 8.73. The van der Waals surface area contributed by atoms with Crippen molar-refractivity contribution in [2.45, 2.75) is 38.5 Å². The van der Waals surface area contributed by atoms with E-state index in [0.29, 0.717) is 18.2 Å². The fourth-order valence-corrected chi connectivity index (χ4v) is 4.52. The van der Waals surface area contributed by atoms with Gasteiger partial charge in [0.2, 0.25) is 0 Å². The maximum absolute atomic E-state index is 12.2. The van der Waals surface area contributed by atoms with Crippen LogP contribution in [0.5, 0.6) is 5.75 Å². The van der Waals surface area contributed by atoms with Gasteiger partial charge in [0.1, 0.15) is 15.6 Å². The average molecular weight is 392 g/mol. The molecule has 0 aliphatic heterocycles. The van der Waals surface area contributed by atoms with E-state index in [1.165, 1.54) is 36.9 Å². The fourth-order valence-electron chi connectivity index (χ4n) is 3.41. The van der Waals surface area contributed by atoms with E-state index in [-0.39, 0.29) is 17.4 Å². The number of hydrogen-bond donors (Lipinski definition) is 1. The van der Waals surface area contributed by atoms with Crippen LogP contribution in [0.15, 0.2) is 24.3 Å². The third kappa shape index (κ3) is 7.85. The van der Waals surface area contributed by atoms with Crippen LogP contribution in [0.3, 0.4) is 0 Å². The monoisotopic (exact) mass is 392 g/mol. The second kappa shape index (κ2) is 8.97. The normalized spacial score (nSPS) is 17.7. The summed E-state index contributed by atoms with van der Waals surface area (Å²) in [5, 5.41) is 3.10. The summed E-state index contributed by atoms with van der Waals surface area (Å²) in [7, 11) is -3.07. The Morgan fingerprint density at radius 2 is 1.81 bits per heavy atom. The van der Waals surface area contributed by atoms with Crippen LogP contribution in [0, 0.1) is 18.3 Å². The number of alkyl halides is 3. The molecule has 0 saturated heterocycles. The average Bonchev–Trinajstić information content (AvgIpc) is 2.54. The van der Waals surface area contributed by atoms with E-state index in [1.54, 1.807) is 0 Å². The van der Waals surface area contributed by atoms with Crippen molar-refractivity contribution in [3.63, 3.8) is 0 Å². The van der Waals surface area contributed by atoms with Crippen molar-refractivity contribution in [1.82, 2.24) is 0 Å². The van der Waals surface area contributed by atoms with Crippen LogP contribution in [0.4, 0.5) is 18.9 Å². The van der Waals surface area contributed by atoms with Gasteiger partial charge >= 0.3 is 6.36 Å². The minimum absolute atomic E-state index is 0.00867. The Bertz CT molecular complexity index is 653. The molecule has 1 fully saturated rings. The zero-order valence-electron chi connectivity index (χ0n) is 14.8. The largest absolute Gasteiger partial charge is 0.573 e. The Hall–Kier alpha value is -1.44. The standard InChI is InChI=1S/C18H25F3NO3S/c1-26(23,24)13-15(14-5-3-2-4-6-14)11-12-22-16-7-9-17(10-8-16)25-18(19,20)21/h7-11,14-15,22H,2-6,12-13H2,1H3/t15-/m1/s1. The molecular formula is C18H25F3NO3S. The number of benzene rings is 1. The van der Waals surface area contributed by atoms with Crippen molar-refractivity contribution in [1.29, 1.82) is 0 Å². The molecule has 1 aliphatic carbocycles. The summed E-state index contributed by atoms with van der Waals surface area (Å²) in [6, 6.07) is 5.48. The van der Waals surface area contributed by atoms with Gasteiger partial charge in [-0.15, -0.1) is 13.2 Å².